The van der Waals surface area contributed by atoms with E-state index in [1.165, 1.54) is 0 Å². The van der Waals surface area contributed by atoms with Gasteiger partial charge in [0, 0.05) is 25.7 Å². The standard InChI is InChI=1S/C11H25N3O/c1-6-7-14(9-8-13(4)5)11(15)12-10(2)3/h10H,6-9H2,1-5H3,(H,12,15). The molecule has 0 radical (unpaired) electrons. The molecule has 0 aromatic carbocycles. The molecular weight excluding hydrogens is 190 g/mol. The predicted octanol–water partition coefficient (Wildman–Crippen LogP) is 1.38. The first-order valence-corrected chi connectivity index (χ1v) is 5.67. The molecule has 0 rings (SSSR count). The summed E-state index contributed by atoms with van der Waals surface area (Å²) in [6, 6.07) is 0.255. The summed E-state index contributed by atoms with van der Waals surface area (Å²) < 4.78 is 0. The minimum Gasteiger partial charge on any atom is -0.336 e. The Morgan fingerprint density at radius 3 is 2.20 bits per heavy atom. The third kappa shape index (κ3) is 7.19. The lowest BCUT2D eigenvalue weighted by Crippen LogP contribution is -2.45. The lowest BCUT2D eigenvalue weighted by atomic mass is 10.3. The van der Waals surface area contributed by atoms with Crippen molar-refractivity contribution < 1.29 is 4.79 Å². The van der Waals surface area contributed by atoms with Crippen molar-refractivity contribution in [3.63, 3.8) is 0 Å². The summed E-state index contributed by atoms with van der Waals surface area (Å²) >= 11 is 0. The van der Waals surface area contributed by atoms with Crippen molar-refractivity contribution in [2.75, 3.05) is 33.7 Å². The summed E-state index contributed by atoms with van der Waals surface area (Å²) in [6.07, 6.45) is 0.999. The van der Waals surface area contributed by atoms with Gasteiger partial charge < -0.3 is 15.1 Å². The highest BCUT2D eigenvalue weighted by Crippen LogP contribution is 1.94. The third-order valence-electron chi connectivity index (χ3n) is 2.01. The zero-order valence-electron chi connectivity index (χ0n) is 10.7. The first-order chi connectivity index (χ1) is 6.97. The normalized spacial score (nSPS) is 10.9. The van der Waals surface area contributed by atoms with Crippen molar-refractivity contribution in [1.29, 1.82) is 0 Å². The summed E-state index contributed by atoms with van der Waals surface area (Å²) in [4.78, 5) is 15.7. The fourth-order valence-corrected chi connectivity index (χ4v) is 1.24. The third-order valence-corrected chi connectivity index (χ3v) is 2.01. The van der Waals surface area contributed by atoms with E-state index in [1.807, 2.05) is 32.8 Å². The van der Waals surface area contributed by atoms with Crippen LogP contribution in [0.3, 0.4) is 0 Å². The number of hydrogen-bond acceptors (Lipinski definition) is 2. The van der Waals surface area contributed by atoms with E-state index in [-0.39, 0.29) is 12.1 Å². The van der Waals surface area contributed by atoms with Crippen LogP contribution in [0.2, 0.25) is 0 Å². The molecule has 0 saturated carbocycles. The average molecular weight is 215 g/mol. The van der Waals surface area contributed by atoms with Gasteiger partial charge in [-0.15, -0.1) is 0 Å². The molecule has 0 aromatic rings. The van der Waals surface area contributed by atoms with E-state index in [9.17, 15) is 4.79 Å². The van der Waals surface area contributed by atoms with E-state index in [0.717, 1.165) is 26.1 Å². The number of carbonyl (C=O) groups is 1. The molecular formula is C11H25N3O. The molecule has 2 amide bonds. The van der Waals surface area contributed by atoms with Crippen molar-refractivity contribution in [2.45, 2.75) is 33.2 Å². The predicted molar refractivity (Wildman–Crippen MR) is 64.1 cm³/mol. The van der Waals surface area contributed by atoms with Crippen LogP contribution in [0.5, 0.6) is 0 Å². The maximum atomic E-state index is 11.8. The minimum atomic E-state index is 0.0497. The molecule has 0 unspecified atom stereocenters. The van der Waals surface area contributed by atoms with E-state index in [2.05, 4.69) is 17.1 Å². The van der Waals surface area contributed by atoms with Gasteiger partial charge in [-0.2, -0.15) is 0 Å². The van der Waals surface area contributed by atoms with Gasteiger partial charge in [-0.25, -0.2) is 4.79 Å². The van der Waals surface area contributed by atoms with Gasteiger partial charge in [0.2, 0.25) is 0 Å². The molecule has 0 bridgehead atoms. The Kier molecular flexibility index (Phi) is 7.13. The minimum absolute atomic E-state index is 0.0497. The Hall–Kier alpha value is -0.770. The summed E-state index contributed by atoms with van der Waals surface area (Å²) in [5.41, 5.74) is 0. The molecule has 0 aliphatic carbocycles. The number of likely N-dealkylation sites (N-methyl/N-ethyl adjacent to an activating group) is 1. The van der Waals surface area contributed by atoms with Crippen LogP contribution in [0.4, 0.5) is 4.79 Å². The molecule has 0 spiro atoms. The van der Waals surface area contributed by atoms with Crippen LogP contribution in [0.25, 0.3) is 0 Å². The molecule has 0 saturated heterocycles. The SMILES string of the molecule is CCCN(CCN(C)C)C(=O)NC(C)C. The van der Waals surface area contributed by atoms with Crippen LogP contribution in [-0.2, 0) is 0 Å². The van der Waals surface area contributed by atoms with Gasteiger partial charge >= 0.3 is 6.03 Å². The van der Waals surface area contributed by atoms with Crippen LogP contribution in [0.1, 0.15) is 27.2 Å². The van der Waals surface area contributed by atoms with Crippen molar-refractivity contribution >= 4 is 6.03 Å². The van der Waals surface area contributed by atoms with Gasteiger partial charge in [-0.1, -0.05) is 6.92 Å². The van der Waals surface area contributed by atoms with Crippen molar-refractivity contribution in [3.05, 3.63) is 0 Å². The molecule has 0 atom stereocenters. The number of amides is 2. The highest BCUT2D eigenvalue weighted by atomic mass is 16.2. The van der Waals surface area contributed by atoms with E-state index >= 15 is 0 Å². The highest BCUT2D eigenvalue weighted by Gasteiger charge is 2.12. The van der Waals surface area contributed by atoms with Crippen LogP contribution in [-0.4, -0.2) is 55.6 Å². The summed E-state index contributed by atoms with van der Waals surface area (Å²) in [5, 5.41) is 2.92. The lowest BCUT2D eigenvalue weighted by Gasteiger charge is -2.25. The number of hydrogen-bond donors (Lipinski definition) is 1. The quantitative estimate of drug-likeness (QED) is 0.726. The first-order valence-electron chi connectivity index (χ1n) is 5.67. The maximum absolute atomic E-state index is 11.8. The van der Waals surface area contributed by atoms with E-state index in [4.69, 9.17) is 0 Å². The van der Waals surface area contributed by atoms with Crippen molar-refractivity contribution in [1.82, 2.24) is 15.1 Å². The zero-order chi connectivity index (χ0) is 11.8. The van der Waals surface area contributed by atoms with Gasteiger partial charge in [0.15, 0.2) is 0 Å². The van der Waals surface area contributed by atoms with Crippen LogP contribution in [0, 0.1) is 0 Å². The number of carbonyl (C=O) groups excluding carboxylic acids is 1. The Labute approximate surface area is 93.6 Å². The van der Waals surface area contributed by atoms with E-state index in [0.29, 0.717) is 0 Å². The van der Waals surface area contributed by atoms with Gasteiger partial charge in [-0.3, -0.25) is 0 Å². The van der Waals surface area contributed by atoms with Crippen molar-refractivity contribution in [3.8, 4) is 0 Å². The smallest absolute Gasteiger partial charge is 0.317 e. The first kappa shape index (κ1) is 14.2. The van der Waals surface area contributed by atoms with Crippen LogP contribution >= 0.6 is 0 Å². The lowest BCUT2D eigenvalue weighted by molar-refractivity contribution is 0.189. The fraction of sp³-hybridized carbons (Fsp3) is 0.909. The topological polar surface area (TPSA) is 35.6 Å². The Morgan fingerprint density at radius 2 is 1.80 bits per heavy atom. The summed E-state index contributed by atoms with van der Waals surface area (Å²) in [7, 11) is 4.04. The Bertz CT molecular complexity index is 181. The molecule has 0 fully saturated rings. The number of rotatable bonds is 6. The van der Waals surface area contributed by atoms with E-state index in [1.54, 1.807) is 0 Å². The molecule has 1 N–H and O–H groups in total. The number of urea groups is 1. The number of nitrogens with one attached hydrogen (secondary N) is 1. The summed E-state index contributed by atoms with van der Waals surface area (Å²) in [5.74, 6) is 0. The molecule has 4 heteroatoms. The summed E-state index contributed by atoms with van der Waals surface area (Å²) in [6.45, 7) is 8.57. The van der Waals surface area contributed by atoms with Gasteiger partial charge in [0.05, 0.1) is 0 Å². The molecule has 0 aliphatic heterocycles. The molecule has 0 heterocycles. The Balaban J connectivity index is 4.06. The monoisotopic (exact) mass is 215 g/mol. The second-order valence-corrected chi connectivity index (χ2v) is 4.39. The number of nitrogens with zero attached hydrogens (tertiary/aromatic N) is 2. The van der Waals surface area contributed by atoms with Gasteiger partial charge in [0.25, 0.3) is 0 Å². The molecule has 4 nitrogen and oxygen atoms in total. The highest BCUT2D eigenvalue weighted by molar-refractivity contribution is 5.74. The largest absolute Gasteiger partial charge is 0.336 e. The van der Waals surface area contributed by atoms with Gasteiger partial charge in [0.1, 0.15) is 0 Å². The Morgan fingerprint density at radius 1 is 1.20 bits per heavy atom. The average Bonchev–Trinajstić information content (AvgIpc) is 2.10. The van der Waals surface area contributed by atoms with E-state index < -0.39 is 0 Å². The fourth-order valence-electron chi connectivity index (χ4n) is 1.24. The van der Waals surface area contributed by atoms with Crippen LogP contribution < -0.4 is 5.32 Å². The second-order valence-electron chi connectivity index (χ2n) is 4.39. The molecule has 0 aromatic heterocycles. The van der Waals surface area contributed by atoms with Crippen molar-refractivity contribution in [2.24, 2.45) is 0 Å². The maximum Gasteiger partial charge on any atom is 0.317 e. The van der Waals surface area contributed by atoms with Crippen LogP contribution in [0.15, 0.2) is 0 Å². The van der Waals surface area contributed by atoms with Gasteiger partial charge in [-0.05, 0) is 34.4 Å². The molecule has 90 valence electrons. The molecule has 15 heavy (non-hydrogen) atoms. The zero-order valence-corrected chi connectivity index (χ0v) is 10.7. The molecule has 0 aliphatic rings. The second kappa shape index (κ2) is 7.51.